The number of carbonyl (C=O) groups excluding carboxylic acids is 1. The predicted molar refractivity (Wildman–Crippen MR) is 104 cm³/mol. The van der Waals surface area contributed by atoms with Gasteiger partial charge in [0.2, 0.25) is 0 Å². The van der Waals surface area contributed by atoms with Crippen LogP contribution in [-0.2, 0) is 0 Å². The topological polar surface area (TPSA) is 68.2 Å². The number of benzene rings is 1. The van der Waals surface area contributed by atoms with Crippen molar-refractivity contribution in [1.82, 2.24) is 20.4 Å². The van der Waals surface area contributed by atoms with Crippen LogP contribution in [0, 0.1) is 11.7 Å². The third-order valence-electron chi connectivity index (χ3n) is 5.46. The van der Waals surface area contributed by atoms with Crippen molar-refractivity contribution in [1.29, 1.82) is 0 Å². The van der Waals surface area contributed by atoms with Crippen molar-refractivity contribution in [3.63, 3.8) is 0 Å². The zero-order chi connectivity index (χ0) is 19.5. The summed E-state index contributed by atoms with van der Waals surface area (Å²) in [5.74, 6) is 0.188. The van der Waals surface area contributed by atoms with Gasteiger partial charge in [-0.1, -0.05) is 6.07 Å². The summed E-state index contributed by atoms with van der Waals surface area (Å²) in [7, 11) is 0. The smallest absolute Gasteiger partial charge is 0.272 e. The van der Waals surface area contributed by atoms with Crippen LogP contribution in [0.5, 0.6) is 5.75 Å². The molecular formula is C21H27FN4O2. The molecule has 28 heavy (non-hydrogen) atoms. The van der Waals surface area contributed by atoms with Gasteiger partial charge in [0.05, 0.1) is 18.7 Å². The SMILES string of the molecule is CC(NC(=O)c1ccn(C2CCCNC2)n1)c1ccc(OCC2CC2)c(F)c1. The monoisotopic (exact) mass is 386 g/mol. The summed E-state index contributed by atoms with van der Waals surface area (Å²) < 4.78 is 21.7. The van der Waals surface area contributed by atoms with E-state index in [2.05, 4.69) is 15.7 Å². The van der Waals surface area contributed by atoms with Gasteiger partial charge in [0.1, 0.15) is 5.69 Å². The minimum atomic E-state index is -0.395. The zero-order valence-electron chi connectivity index (χ0n) is 16.2. The molecule has 4 rings (SSSR count). The summed E-state index contributed by atoms with van der Waals surface area (Å²) in [4.78, 5) is 12.5. The van der Waals surface area contributed by atoms with Crippen LogP contribution in [0.4, 0.5) is 4.39 Å². The molecule has 1 aromatic heterocycles. The Morgan fingerprint density at radius 1 is 1.39 bits per heavy atom. The number of amides is 1. The van der Waals surface area contributed by atoms with Crippen LogP contribution in [0.15, 0.2) is 30.5 Å². The number of carbonyl (C=O) groups is 1. The van der Waals surface area contributed by atoms with Crippen molar-refractivity contribution in [2.24, 2.45) is 5.92 Å². The van der Waals surface area contributed by atoms with Crippen LogP contribution < -0.4 is 15.4 Å². The molecule has 150 valence electrons. The Balaban J connectivity index is 1.36. The van der Waals surface area contributed by atoms with Gasteiger partial charge in [0, 0.05) is 12.7 Å². The summed E-state index contributed by atoms with van der Waals surface area (Å²) in [5.41, 5.74) is 1.07. The average molecular weight is 386 g/mol. The van der Waals surface area contributed by atoms with Gasteiger partial charge in [-0.3, -0.25) is 9.48 Å². The molecule has 7 heteroatoms. The fraction of sp³-hybridized carbons (Fsp3) is 0.524. The molecule has 0 spiro atoms. The predicted octanol–water partition coefficient (Wildman–Crippen LogP) is 3.23. The van der Waals surface area contributed by atoms with Crippen LogP contribution in [0.2, 0.25) is 0 Å². The lowest BCUT2D eigenvalue weighted by atomic mass is 10.1. The van der Waals surface area contributed by atoms with Crippen LogP contribution in [-0.4, -0.2) is 35.4 Å². The van der Waals surface area contributed by atoms with E-state index in [9.17, 15) is 9.18 Å². The summed E-state index contributed by atoms with van der Waals surface area (Å²) in [6.07, 6.45) is 6.34. The molecule has 2 aliphatic rings. The Morgan fingerprint density at radius 3 is 2.96 bits per heavy atom. The van der Waals surface area contributed by atoms with E-state index in [4.69, 9.17) is 4.74 Å². The highest BCUT2D eigenvalue weighted by molar-refractivity contribution is 5.92. The van der Waals surface area contributed by atoms with E-state index in [-0.39, 0.29) is 23.7 Å². The maximum absolute atomic E-state index is 14.3. The van der Waals surface area contributed by atoms with Gasteiger partial charge in [-0.05, 0) is 68.8 Å². The fourth-order valence-corrected chi connectivity index (χ4v) is 3.47. The highest BCUT2D eigenvalue weighted by Gasteiger charge is 2.23. The molecule has 1 saturated carbocycles. The first-order valence-corrected chi connectivity index (χ1v) is 10.1. The minimum Gasteiger partial charge on any atom is -0.490 e. The molecule has 0 radical (unpaired) electrons. The van der Waals surface area contributed by atoms with Crippen molar-refractivity contribution < 1.29 is 13.9 Å². The number of hydrogen-bond donors (Lipinski definition) is 2. The summed E-state index contributed by atoms with van der Waals surface area (Å²) in [5, 5.41) is 10.7. The Morgan fingerprint density at radius 2 is 2.25 bits per heavy atom. The molecule has 2 aromatic rings. The van der Waals surface area contributed by atoms with E-state index in [0.717, 1.165) is 38.8 Å². The van der Waals surface area contributed by atoms with Gasteiger partial charge < -0.3 is 15.4 Å². The van der Waals surface area contributed by atoms with Gasteiger partial charge in [0.25, 0.3) is 5.91 Å². The molecule has 2 N–H and O–H groups in total. The molecule has 1 aliphatic carbocycles. The molecule has 0 bridgehead atoms. The summed E-state index contributed by atoms with van der Waals surface area (Å²) >= 11 is 0. The van der Waals surface area contributed by atoms with Crippen molar-refractivity contribution in [2.75, 3.05) is 19.7 Å². The molecule has 1 saturated heterocycles. The Hall–Kier alpha value is -2.41. The van der Waals surface area contributed by atoms with E-state index < -0.39 is 5.82 Å². The largest absolute Gasteiger partial charge is 0.490 e. The number of halogens is 1. The molecule has 1 aromatic carbocycles. The van der Waals surface area contributed by atoms with Gasteiger partial charge in [-0.25, -0.2) is 4.39 Å². The minimum absolute atomic E-state index is 0.260. The lowest BCUT2D eigenvalue weighted by molar-refractivity contribution is 0.0933. The van der Waals surface area contributed by atoms with Crippen LogP contribution in [0.3, 0.4) is 0 Å². The molecule has 2 fully saturated rings. The second-order valence-electron chi connectivity index (χ2n) is 7.82. The quantitative estimate of drug-likeness (QED) is 0.767. The summed E-state index contributed by atoms with van der Waals surface area (Å²) in [6.45, 7) is 4.30. The second kappa shape index (κ2) is 8.31. The first-order valence-electron chi connectivity index (χ1n) is 10.1. The molecule has 2 unspecified atom stereocenters. The number of ether oxygens (including phenoxy) is 1. The van der Waals surface area contributed by atoms with Gasteiger partial charge >= 0.3 is 0 Å². The van der Waals surface area contributed by atoms with Crippen molar-refractivity contribution >= 4 is 5.91 Å². The van der Waals surface area contributed by atoms with Crippen molar-refractivity contribution in [2.45, 2.75) is 44.7 Å². The van der Waals surface area contributed by atoms with Gasteiger partial charge in [-0.15, -0.1) is 0 Å². The van der Waals surface area contributed by atoms with Crippen LogP contribution in [0.25, 0.3) is 0 Å². The highest BCUT2D eigenvalue weighted by Crippen LogP contribution is 2.30. The van der Waals surface area contributed by atoms with E-state index in [1.807, 2.05) is 17.8 Å². The lowest BCUT2D eigenvalue weighted by Crippen LogP contribution is -2.32. The maximum atomic E-state index is 14.3. The number of rotatable bonds is 7. The van der Waals surface area contributed by atoms with Crippen LogP contribution in [0.1, 0.15) is 60.7 Å². The Labute approximate surface area is 164 Å². The molecule has 2 heterocycles. The summed E-state index contributed by atoms with van der Waals surface area (Å²) in [6, 6.07) is 6.54. The Kier molecular flexibility index (Phi) is 5.62. The van der Waals surface area contributed by atoms with Crippen LogP contribution >= 0.6 is 0 Å². The average Bonchev–Trinajstić information content (AvgIpc) is 3.40. The van der Waals surface area contributed by atoms with E-state index in [1.165, 1.54) is 6.07 Å². The van der Waals surface area contributed by atoms with Crippen molar-refractivity contribution in [3.8, 4) is 5.75 Å². The van der Waals surface area contributed by atoms with Gasteiger partial charge in [0.15, 0.2) is 11.6 Å². The first kappa shape index (κ1) is 18.9. The number of piperidine rings is 1. The molecule has 1 aliphatic heterocycles. The molecule has 6 nitrogen and oxygen atoms in total. The first-order chi connectivity index (χ1) is 13.6. The lowest BCUT2D eigenvalue weighted by Gasteiger charge is -2.22. The highest BCUT2D eigenvalue weighted by atomic mass is 19.1. The van der Waals surface area contributed by atoms with E-state index in [0.29, 0.717) is 23.8 Å². The fourth-order valence-electron chi connectivity index (χ4n) is 3.47. The zero-order valence-corrected chi connectivity index (χ0v) is 16.2. The standard InChI is InChI=1S/C21H27FN4O2/c1-14(16-6-7-20(18(22)11-16)28-13-15-4-5-15)24-21(27)19-8-10-26(25-19)17-3-2-9-23-12-17/h6-8,10-11,14-15,17,23H,2-5,9,12-13H2,1H3,(H,24,27). The molecule has 1 amide bonds. The van der Waals surface area contributed by atoms with E-state index >= 15 is 0 Å². The number of nitrogens with zero attached hydrogens (tertiary/aromatic N) is 2. The third kappa shape index (κ3) is 4.52. The third-order valence-corrected chi connectivity index (χ3v) is 5.46. The second-order valence-corrected chi connectivity index (χ2v) is 7.82. The maximum Gasteiger partial charge on any atom is 0.272 e. The molecule has 2 atom stereocenters. The number of hydrogen-bond acceptors (Lipinski definition) is 4. The van der Waals surface area contributed by atoms with E-state index in [1.54, 1.807) is 18.2 Å². The normalized spacial score (nSPS) is 20.6. The number of nitrogens with one attached hydrogen (secondary N) is 2. The number of aromatic nitrogens is 2. The molecular weight excluding hydrogens is 359 g/mol. The Bertz CT molecular complexity index is 828. The van der Waals surface area contributed by atoms with Crippen molar-refractivity contribution in [3.05, 3.63) is 47.5 Å². The van der Waals surface area contributed by atoms with Gasteiger partial charge in [-0.2, -0.15) is 5.10 Å².